The van der Waals surface area contributed by atoms with Crippen molar-refractivity contribution in [2.24, 2.45) is 23.2 Å². The molecule has 3 aliphatic heterocycles. The van der Waals surface area contributed by atoms with Crippen LogP contribution < -0.4 is 10.7 Å². The summed E-state index contributed by atoms with van der Waals surface area (Å²) in [4.78, 5) is 69.8. The molecule has 2 fully saturated rings. The predicted molar refractivity (Wildman–Crippen MR) is 248 cm³/mol. The number of likely N-dealkylation sites (tertiary alicyclic amines) is 1. The number of rotatable bonds is 11. The van der Waals surface area contributed by atoms with E-state index in [9.17, 15) is 24.3 Å². The Hall–Kier alpha value is -4.94. The molecule has 0 aliphatic carbocycles. The zero-order chi connectivity index (χ0) is 47.0. The number of cyclic esters (lactones) is 1. The molecule has 0 saturated carbocycles. The number of likely N-dealkylation sites (N-methyl/N-ethyl adjacent to an activating group) is 1. The Kier molecular flexibility index (Phi) is 14.4. The summed E-state index contributed by atoms with van der Waals surface area (Å²) in [6.07, 6.45) is 2.30. The zero-order valence-electron chi connectivity index (χ0n) is 39.5. The number of aliphatic hydroxyl groups is 1. The Labute approximate surface area is 386 Å². The second-order valence-electron chi connectivity index (χ2n) is 19.2. The van der Waals surface area contributed by atoms with Crippen molar-refractivity contribution in [3.63, 3.8) is 0 Å². The number of hydrazine groups is 1. The van der Waals surface area contributed by atoms with Gasteiger partial charge in [0, 0.05) is 106 Å². The third-order valence-corrected chi connectivity index (χ3v) is 14.2. The number of amides is 4. The van der Waals surface area contributed by atoms with Crippen LogP contribution in [0.3, 0.4) is 0 Å². The molecule has 6 bridgehead atoms. The normalized spacial score (nSPS) is 21.9. The molecule has 2 saturated heterocycles. The highest BCUT2D eigenvalue weighted by Gasteiger charge is 2.46. The van der Waals surface area contributed by atoms with E-state index in [0.717, 1.165) is 39.0 Å². The number of aromatic nitrogens is 3. The quantitative estimate of drug-likeness (QED) is 0.155. The van der Waals surface area contributed by atoms with Crippen LogP contribution in [-0.4, -0.2) is 130 Å². The maximum atomic E-state index is 14.6. The number of thiazole rings is 1. The highest BCUT2D eigenvalue weighted by molar-refractivity contribution is 7.10. The first-order chi connectivity index (χ1) is 30.9. The molecule has 5 atom stereocenters. The summed E-state index contributed by atoms with van der Waals surface area (Å²) in [5.74, 6) is -1.68. The van der Waals surface area contributed by atoms with Gasteiger partial charge in [0.05, 0.1) is 34.8 Å². The number of esters is 1. The van der Waals surface area contributed by atoms with E-state index >= 15 is 0 Å². The van der Waals surface area contributed by atoms with Gasteiger partial charge in [-0.15, -0.1) is 11.3 Å². The van der Waals surface area contributed by atoms with Crippen molar-refractivity contribution in [1.82, 2.24) is 40.1 Å². The number of ether oxygens (including phenoxy) is 3. The van der Waals surface area contributed by atoms with Crippen molar-refractivity contribution in [1.29, 1.82) is 0 Å². The number of aryl methyl sites for hydroxylation is 1. The number of pyridine rings is 1. The van der Waals surface area contributed by atoms with E-state index < -0.39 is 41.0 Å². The summed E-state index contributed by atoms with van der Waals surface area (Å²) < 4.78 is 19.4. The van der Waals surface area contributed by atoms with E-state index in [1.807, 2.05) is 46.1 Å². The number of carbonyl (C=O) groups is 4. The van der Waals surface area contributed by atoms with Crippen molar-refractivity contribution in [2.75, 3.05) is 54.1 Å². The molecular formula is C48H66N8O8S. The molecule has 4 amide bonds. The summed E-state index contributed by atoms with van der Waals surface area (Å²) in [5, 5.41) is 19.6. The first kappa shape index (κ1) is 48.0. The molecule has 0 spiro atoms. The van der Waals surface area contributed by atoms with Crippen molar-refractivity contribution < 1.29 is 38.5 Å². The Balaban J connectivity index is 1.27. The Morgan fingerprint density at radius 2 is 1.89 bits per heavy atom. The SMILES string of the molecule is CCn1c(-c2cccnc2[C@H](C)OC)c2c3cc(ccc31)-c1csc(n1)C[C@H](NC(=O)[C@H](C(C)C)N(C)C(=O)N1CC([C@@H](C)COC)C1)C(=O)N1CCC[C@@](O)(N1)C(=O)OCC(C)(C)C2. The maximum absolute atomic E-state index is 14.6. The van der Waals surface area contributed by atoms with E-state index in [4.69, 9.17) is 24.2 Å². The van der Waals surface area contributed by atoms with Gasteiger partial charge in [0.15, 0.2) is 0 Å². The molecule has 3 N–H and O–H groups in total. The van der Waals surface area contributed by atoms with Gasteiger partial charge >= 0.3 is 12.0 Å². The van der Waals surface area contributed by atoms with Gasteiger partial charge in [0.1, 0.15) is 12.1 Å². The lowest BCUT2D eigenvalue weighted by Crippen LogP contribution is -2.67. The topological polar surface area (TPSA) is 181 Å². The molecule has 4 aromatic rings. The van der Waals surface area contributed by atoms with Gasteiger partial charge in [-0.25, -0.2) is 14.6 Å². The predicted octanol–water partition coefficient (Wildman–Crippen LogP) is 5.81. The minimum Gasteiger partial charge on any atom is -0.462 e. The molecule has 65 heavy (non-hydrogen) atoms. The zero-order valence-corrected chi connectivity index (χ0v) is 40.3. The van der Waals surface area contributed by atoms with E-state index in [-0.39, 0.29) is 56.4 Å². The minimum absolute atomic E-state index is 0.00518. The maximum Gasteiger partial charge on any atom is 0.355 e. The smallest absolute Gasteiger partial charge is 0.355 e. The van der Waals surface area contributed by atoms with Crippen molar-refractivity contribution in [3.05, 3.63) is 58.2 Å². The van der Waals surface area contributed by atoms with Crippen LogP contribution in [0.15, 0.2) is 41.9 Å². The van der Waals surface area contributed by atoms with E-state index in [1.54, 1.807) is 32.4 Å². The number of nitrogens with zero attached hydrogens (tertiary/aromatic N) is 6. The van der Waals surface area contributed by atoms with Crippen molar-refractivity contribution in [3.8, 4) is 22.5 Å². The molecule has 7 rings (SSSR count). The molecule has 17 heteroatoms. The number of nitrogens with one attached hydrogen (secondary N) is 2. The standard InChI is InChI=1S/C48H66N8O8S/c1-11-55-38-16-15-31-20-34(38)35(42(55)33-14-12-18-49-40(33)30(5)63-10)22-47(6,7)27-64-45(59)48(61)17-13-19-56(52-48)44(58)36(21-39-50-37(31)26-65-39)51-43(57)41(28(2)3)53(8)46(60)54-23-32(24-54)29(4)25-62-9/h12,14-16,18,20,26,28-30,32,36,41,52,61H,11,13,17,19,21-25,27H2,1-10H3,(H,51,57)/t29-,30-,36-,41-,48-/m0/s1. The van der Waals surface area contributed by atoms with E-state index in [0.29, 0.717) is 49.3 Å². The fourth-order valence-electron chi connectivity index (χ4n) is 9.56. The number of methoxy groups -OCH3 is 2. The fraction of sp³-hybridized carbons (Fsp3) is 0.583. The number of benzene rings is 1. The van der Waals surface area contributed by atoms with Crippen LogP contribution in [0.25, 0.3) is 33.4 Å². The van der Waals surface area contributed by atoms with Crippen LogP contribution in [-0.2, 0) is 48.0 Å². The van der Waals surface area contributed by atoms with Crippen LogP contribution >= 0.6 is 11.3 Å². The van der Waals surface area contributed by atoms with Gasteiger partial charge in [-0.05, 0) is 74.3 Å². The monoisotopic (exact) mass is 914 g/mol. The number of hydrogen-bond acceptors (Lipinski definition) is 12. The third kappa shape index (κ3) is 9.80. The molecule has 3 aliphatic rings. The van der Waals surface area contributed by atoms with Gasteiger partial charge in [-0.2, -0.15) is 5.43 Å². The second-order valence-corrected chi connectivity index (χ2v) is 20.1. The van der Waals surface area contributed by atoms with Crippen LogP contribution in [0.2, 0.25) is 0 Å². The molecule has 0 unspecified atom stereocenters. The Morgan fingerprint density at radius 1 is 1.14 bits per heavy atom. The number of urea groups is 1. The summed E-state index contributed by atoms with van der Waals surface area (Å²) in [6.45, 7) is 16.5. The summed E-state index contributed by atoms with van der Waals surface area (Å²) in [6, 6.07) is 7.96. The summed E-state index contributed by atoms with van der Waals surface area (Å²) >= 11 is 1.38. The summed E-state index contributed by atoms with van der Waals surface area (Å²) in [7, 11) is 4.95. The average Bonchev–Trinajstić information content (AvgIpc) is 3.85. The molecule has 352 valence electrons. The van der Waals surface area contributed by atoms with Crippen LogP contribution in [0.1, 0.15) is 83.7 Å². The summed E-state index contributed by atoms with van der Waals surface area (Å²) in [5.41, 5.74) is 6.36. The molecular weight excluding hydrogens is 849 g/mol. The third-order valence-electron chi connectivity index (χ3n) is 13.3. The molecule has 0 radical (unpaired) electrons. The Bertz CT molecular complexity index is 2390. The number of carbonyl (C=O) groups excluding carboxylic acids is 4. The highest BCUT2D eigenvalue weighted by atomic mass is 32.1. The molecule has 6 heterocycles. The lowest BCUT2D eigenvalue weighted by Gasteiger charge is -2.45. The van der Waals surface area contributed by atoms with Gasteiger partial charge < -0.3 is 39.0 Å². The van der Waals surface area contributed by atoms with Crippen LogP contribution in [0, 0.1) is 23.2 Å². The van der Waals surface area contributed by atoms with E-state index in [2.05, 4.69) is 53.4 Å². The van der Waals surface area contributed by atoms with Crippen molar-refractivity contribution in [2.45, 2.75) is 105 Å². The molecule has 1 aromatic carbocycles. The van der Waals surface area contributed by atoms with Crippen LogP contribution in [0.5, 0.6) is 0 Å². The van der Waals surface area contributed by atoms with Gasteiger partial charge in [0.25, 0.3) is 5.91 Å². The first-order valence-electron chi connectivity index (χ1n) is 22.8. The highest BCUT2D eigenvalue weighted by Crippen LogP contribution is 2.42. The lowest BCUT2D eigenvalue weighted by atomic mass is 9.84. The minimum atomic E-state index is -2.21. The van der Waals surface area contributed by atoms with Crippen LogP contribution in [0.4, 0.5) is 4.79 Å². The van der Waals surface area contributed by atoms with Gasteiger partial charge in [-0.3, -0.25) is 19.6 Å². The molecule has 3 aromatic heterocycles. The lowest BCUT2D eigenvalue weighted by molar-refractivity contribution is -0.189. The fourth-order valence-corrected chi connectivity index (χ4v) is 10.4. The largest absolute Gasteiger partial charge is 0.462 e. The number of fused-ring (bicyclic) bond motifs is 6. The first-order valence-corrected chi connectivity index (χ1v) is 23.7. The Morgan fingerprint density at radius 3 is 2.58 bits per heavy atom. The second kappa shape index (κ2) is 19.5. The van der Waals surface area contributed by atoms with Crippen molar-refractivity contribution >= 4 is 46.1 Å². The average molecular weight is 915 g/mol. The number of hydrogen-bond donors (Lipinski definition) is 3. The van der Waals surface area contributed by atoms with Gasteiger partial charge in [-0.1, -0.05) is 40.7 Å². The van der Waals surface area contributed by atoms with E-state index in [1.165, 1.54) is 21.2 Å². The van der Waals surface area contributed by atoms with Gasteiger partial charge in [0.2, 0.25) is 11.6 Å². The molecule has 16 nitrogen and oxygen atoms in total.